The molecule has 0 radical (unpaired) electrons. The molecule has 0 bridgehead atoms. The fourth-order valence-electron chi connectivity index (χ4n) is 2.24. The number of aromatic nitrogens is 1. The minimum Gasteiger partial charge on any atom is -0.480 e. The Morgan fingerprint density at radius 3 is 2.95 bits per heavy atom. The minimum absolute atomic E-state index is 0.169. The Morgan fingerprint density at radius 2 is 2.32 bits per heavy atom. The van der Waals surface area contributed by atoms with Crippen molar-refractivity contribution in [2.45, 2.75) is 32.2 Å². The normalized spacial score (nSPS) is 22.9. The van der Waals surface area contributed by atoms with Crippen LogP contribution in [0.25, 0.3) is 0 Å². The fraction of sp³-hybridized carbons (Fsp3) is 0.571. The minimum atomic E-state index is -0.314. The average Bonchev–Trinajstić information content (AvgIpc) is 2.38. The summed E-state index contributed by atoms with van der Waals surface area (Å²) in [6, 6.07) is 3.54. The van der Waals surface area contributed by atoms with Gasteiger partial charge in [-0.3, -0.25) is 4.79 Å². The molecular formula is C14H20N2O3. The third kappa shape index (κ3) is 3.23. The second-order valence-corrected chi connectivity index (χ2v) is 5.18. The van der Waals surface area contributed by atoms with Crippen molar-refractivity contribution in [1.82, 2.24) is 10.3 Å². The summed E-state index contributed by atoms with van der Waals surface area (Å²) in [5.74, 6) is 0.190. The second kappa shape index (κ2) is 5.57. The molecule has 0 saturated carbocycles. The lowest BCUT2D eigenvalue weighted by Crippen LogP contribution is -2.51. The van der Waals surface area contributed by atoms with Gasteiger partial charge in [-0.05, 0) is 38.8 Å². The molecule has 0 spiro atoms. The maximum atomic E-state index is 12.3. The Balaban J connectivity index is 2.15. The Labute approximate surface area is 113 Å². The van der Waals surface area contributed by atoms with Gasteiger partial charge in [-0.2, -0.15) is 0 Å². The van der Waals surface area contributed by atoms with Gasteiger partial charge in [0.2, 0.25) is 5.88 Å². The standard InChI is InChI=1S/C14H20N2O3/c1-10-5-6-11(13(15-10)18-3)12(17)16-14(2)7-4-8-19-9-14/h5-6H,4,7-9H2,1-3H3,(H,16,17). The molecule has 1 unspecified atom stereocenters. The van der Waals surface area contributed by atoms with Crippen molar-refractivity contribution in [2.75, 3.05) is 20.3 Å². The van der Waals surface area contributed by atoms with Crippen molar-refractivity contribution in [3.63, 3.8) is 0 Å². The molecule has 2 rings (SSSR count). The van der Waals surface area contributed by atoms with Crippen molar-refractivity contribution in [3.05, 3.63) is 23.4 Å². The largest absolute Gasteiger partial charge is 0.480 e. The van der Waals surface area contributed by atoms with Gasteiger partial charge in [0.1, 0.15) is 5.56 Å². The molecule has 1 aromatic rings. The fourth-order valence-corrected chi connectivity index (χ4v) is 2.24. The number of rotatable bonds is 3. The Morgan fingerprint density at radius 1 is 1.53 bits per heavy atom. The molecule has 5 heteroatoms. The van der Waals surface area contributed by atoms with Crippen LogP contribution in [0.5, 0.6) is 5.88 Å². The van der Waals surface area contributed by atoms with Crippen LogP contribution in [0.2, 0.25) is 0 Å². The lowest BCUT2D eigenvalue weighted by Gasteiger charge is -2.34. The summed E-state index contributed by atoms with van der Waals surface area (Å²) >= 11 is 0. The summed E-state index contributed by atoms with van der Waals surface area (Å²) in [7, 11) is 1.52. The highest BCUT2D eigenvalue weighted by Crippen LogP contribution is 2.21. The number of methoxy groups -OCH3 is 1. The van der Waals surface area contributed by atoms with Crippen molar-refractivity contribution in [3.8, 4) is 5.88 Å². The smallest absolute Gasteiger partial charge is 0.257 e. The van der Waals surface area contributed by atoms with Crippen LogP contribution < -0.4 is 10.1 Å². The van der Waals surface area contributed by atoms with E-state index in [0.29, 0.717) is 18.1 Å². The van der Waals surface area contributed by atoms with Gasteiger partial charge in [0, 0.05) is 12.3 Å². The van der Waals surface area contributed by atoms with Gasteiger partial charge < -0.3 is 14.8 Å². The van der Waals surface area contributed by atoms with Gasteiger partial charge in [-0.25, -0.2) is 4.98 Å². The van der Waals surface area contributed by atoms with E-state index in [-0.39, 0.29) is 11.4 Å². The van der Waals surface area contributed by atoms with Crippen molar-refractivity contribution >= 4 is 5.91 Å². The van der Waals surface area contributed by atoms with Crippen LogP contribution >= 0.6 is 0 Å². The predicted molar refractivity (Wildman–Crippen MR) is 71.5 cm³/mol. The quantitative estimate of drug-likeness (QED) is 0.902. The molecule has 0 aliphatic carbocycles. The third-order valence-corrected chi connectivity index (χ3v) is 3.29. The van der Waals surface area contributed by atoms with Gasteiger partial charge in [0.05, 0.1) is 19.3 Å². The maximum Gasteiger partial charge on any atom is 0.257 e. The van der Waals surface area contributed by atoms with E-state index in [1.807, 2.05) is 13.8 Å². The van der Waals surface area contributed by atoms with E-state index in [4.69, 9.17) is 9.47 Å². The van der Waals surface area contributed by atoms with Gasteiger partial charge in [0.25, 0.3) is 5.91 Å². The van der Waals surface area contributed by atoms with Crippen LogP contribution in [-0.2, 0) is 4.74 Å². The number of hydrogen-bond acceptors (Lipinski definition) is 4. The zero-order chi connectivity index (χ0) is 13.9. The number of ether oxygens (including phenoxy) is 2. The first-order chi connectivity index (χ1) is 9.04. The van der Waals surface area contributed by atoms with Crippen LogP contribution in [0.1, 0.15) is 35.8 Å². The summed E-state index contributed by atoms with van der Waals surface area (Å²) in [4.78, 5) is 16.5. The van der Waals surface area contributed by atoms with E-state index in [0.717, 1.165) is 25.1 Å². The Kier molecular flexibility index (Phi) is 4.04. The van der Waals surface area contributed by atoms with Crippen LogP contribution in [0.15, 0.2) is 12.1 Å². The molecule has 1 aliphatic heterocycles. The molecular weight excluding hydrogens is 244 g/mol. The molecule has 1 saturated heterocycles. The summed E-state index contributed by atoms with van der Waals surface area (Å²) < 4.78 is 10.6. The molecule has 19 heavy (non-hydrogen) atoms. The average molecular weight is 264 g/mol. The Hall–Kier alpha value is -1.62. The van der Waals surface area contributed by atoms with Gasteiger partial charge in [-0.15, -0.1) is 0 Å². The second-order valence-electron chi connectivity index (χ2n) is 5.18. The number of carbonyl (C=O) groups is 1. The predicted octanol–water partition coefficient (Wildman–Crippen LogP) is 1.70. The molecule has 1 aliphatic rings. The van der Waals surface area contributed by atoms with Crippen molar-refractivity contribution in [2.24, 2.45) is 0 Å². The molecule has 0 aromatic carbocycles. The lowest BCUT2D eigenvalue weighted by molar-refractivity contribution is 0.0272. The SMILES string of the molecule is COc1nc(C)ccc1C(=O)NC1(C)CCCOC1. The first-order valence-electron chi connectivity index (χ1n) is 6.46. The number of nitrogens with zero attached hydrogens (tertiary/aromatic N) is 1. The van der Waals surface area contributed by atoms with E-state index >= 15 is 0 Å². The maximum absolute atomic E-state index is 12.3. The van der Waals surface area contributed by atoms with Crippen LogP contribution in [-0.4, -0.2) is 36.8 Å². The zero-order valence-corrected chi connectivity index (χ0v) is 11.7. The first-order valence-corrected chi connectivity index (χ1v) is 6.46. The van der Waals surface area contributed by atoms with E-state index < -0.39 is 0 Å². The highest BCUT2D eigenvalue weighted by atomic mass is 16.5. The molecule has 1 atom stereocenters. The molecule has 104 valence electrons. The topological polar surface area (TPSA) is 60.5 Å². The van der Waals surface area contributed by atoms with Crippen molar-refractivity contribution in [1.29, 1.82) is 0 Å². The molecule has 5 nitrogen and oxygen atoms in total. The van der Waals surface area contributed by atoms with E-state index in [1.54, 1.807) is 12.1 Å². The van der Waals surface area contributed by atoms with E-state index in [1.165, 1.54) is 7.11 Å². The number of amides is 1. The summed E-state index contributed by atoms with van der Waals surface area (Å²) in [5, 5.41) is 3.02. The zero-order valence-electron chi connectivity index (χ0n) is 11.7. The van der Waals surface area contributed by atoms with E-state index in [9.17, 15) is 4.79 Å². The monoisotopic (exact) mass is 264 g/mol. The number of carbonyl (C=O) groups excluding carboxylic acids is 1. The highest BCUT2D eigenvalue weighted by Gasteiger charge is 2.30. The number of pyridine rings is 1. The third-order valence-electron chi connectivity index (χ3n) is 3.29. The summed E-state index contributed by atoms with van der Waals surface area (Å²) in [6.07, 6.45) is 1.88. The van der Waals surface area contributed by atoms with Crippen LogP contribution in [0, 0.1) is 6.92 Å². The molecule has 2 heterocycles. The summed E-state index contributed by atoms with van der Waals surface area (Å²) in [5.41, 5.74) is 0.964. The molecule has 1 fully saturated rings. The van der Waals surface area contributed by atoms with E-state index in [2.05, 4.69) is 10.3 Å². The Bertz CT molecular complexity index is 468. The molecule has 1 aromatic heterocycles. The number of nitrogens with one attached hydrogen (secondary N) is 1. The molecule has 1 amide bonds. The lowest BCUT2D eigenvalue weighted by atomic mass is 9.94. The van der Waals surface area contributed by atoms with Crippen molar-refractivity contribution < 1.29 is 14.3 Å². The van der Waals surface area contributed by atoms with Gasteiger partial charge in [-0.1, -0.05) is 0 Å². The molecule has 1 N–H and O–H groups in total. The van der Waals surface area contributed by atoms with Gasteiger partial charge in [0.15, 0.2) is 0 Å². The number of aryl methyl sites for hydroxylation is 1. The highest BCUT2D eigenvalue weighted by molar-refractivity contribution is 5.96. The van der Waals surface area contributed by atoms with Crippen LogP contribution in [0.4, 0.5) is 0 Å². The van der Waals surface area contributed by atoms with Crippen LogP contribution in [0.3, 0.4) is 0 Å². The van der Waals surface area contributed by atoms with Gasteiger partial charge >= 0.3 is 0 Å². The first kappa shape index (κ1) is 13.8. The number of hydrogen-bond donors (Lipinski definition) is 1. The summed E-state index contributed by atoms with van der Waals surface area (Å²) in [6.45, 7) is 5.17.